The molecule has 332 valence electrons. The highest BCUT2D eigenvalue weighted by Gasteiger charge is 2.24. The fourth-order valence-corrected chi connectivity index (χ4v) is 7.42. The van der Waals surface area contributed by atoms with Gasteiger partial charge < -0.3 is 19.9 Å². The van der Waals surface area contributed by atoms with Crippen LogP contribution in [-0.4, -0.2) is 91.5 Å². The van der Waals surface area contributed by atoms with Crippen molar-refractivity contribution in [1.29, 1.82) is 0 Å². The summed E-state index contributed by atoms with van der Waals surface area (Å²) in [4.78, 5) is 42.4. The van der Waals surface area contributed by atoms with Gasteiger partial charge in [0.25, 0.3) is 0 Å². The maximum atomic E-state index is 12.9. The number of allylic oxidation sites excluding steroid dienone is 3. The molecule has 0 radical (unpaired) electrons. The van der Waals surface area contributed by atoms with Crippen LogP contribution in [0.1, 0.15) is 206 Å². The van der Waals surface area contributed by atoms with Gasteiger partial charge in [0.15, 0.2) is 0 Å². The van der Waals surface area contributed by atoms with E-state index in [0.717, 1.165) is 32.1 Å². The number of carbonyl (C=O) groups is 3. The number of nitrogens with one attached hydrogen (secondary N) is 1. The Morgan fingerprint density at radius 1 is 0.526 bits per heavy atom. The lowest BCUT2D eigenvalue weighted by Gasteiger charge is -2.33. The number of aliphatic hydroxyl groups is 1. The fraction of sp³-hybridized carbons (Fsp3) is 0.854. The molecule has 1 atom stereocenters. The minimum atomic E-state index is -0.698. The molecule has 0 aromatic carbocycles. The Morgan fingerprint density at radius 2 is 0.912 bits per heavy atom. The van der Waals surface area contributed by atoms with Crippen molar-refractivity contribution >= 4 is 17.8 Å². The van der Waals surface area contributed by atoms with Crippen LogP contribution in [0.4, 0.5) is 0 Å². The lowest BCUT2D eigenvalue weighted by molar-refractivity contribution is -0.146. The quantitative estimate of drug-likeness (QED) is 0.0358. The summed E-state index contributed by atoms with van der Waals surface area (Å²) in [5.74, 6) is -1.11. The van der Waals surface area contributed by atoms with Gasteiger partial charge >= 0.3 is 11.9 Å². The van der Waals surface area contributed by atoms with Gasteiger partial charge in [-0.15, -0.1) is 0 Å². The normalized spacial score (nSPS) is 14.4. The second kappa shape index (κ2) is 40.5. The largest absolute Gasteiger partial charge is 0.466 e. The second-order valence-corrected chi connectivity index (χ2v) is 16.6. The third kappa shape index (κ3) is 35.4. The number of esters is 2. The highest BCUT2D eigenvalue weighted by atomic mass is 16.5. The van der Waals surface area contributed by atoms with Crippen LogP contribution in [0.25, 0.3) is 0 Å². The van der Waals surface area contributed by atoms with Gasteiger partial charge in [-0.3, -0.25) is 24.2 Å². The summed E-state index contributed by atoms with van der Waals surface area (Å²) >= 11 is 0. The average molecular weight is 804 g/mol. The van der Waals surface area contributed by atoms with Crippen molar-refractivity contribution in [3.8, 4) is 0 Å². The minimum absolute atomic E-state index is 0.0106. The topological polar surface area (TPSA) is 108 Å². The Hall–Kier alpha value is -2.23. The lowest BCUT2D eigenvalue weighted by Crippen LogP contribution is -2.51. The molecule has 9 heteroatoms. The molecule has 9 nitrogen and oxygen atoms in total. The Balaban J connectivity index is 2.27. The monoisotopic (exact) mass is 804 g/mol. The third-order valence-electron chi connectivity index (χ3n) is 11.1. The van der Waals surface area contributed by atoms with Gasteiger partial charge in [-0.2, -0.15) is 0 Å². The fourth-order valence-electron chi connectivity index (χ4n) is 7.42. The molecule has 57 heavy (non-hydrogen) atoms. The van der Waals surface area contributed by atoms with E-state index in [4.69, 9.17) is 9.47 Å². The van der Waals surface area contributed by atoms with Crippen LogP contribution in [0, 0.1) is 0 Å². The van der Waals surface area contributed by atoms with Crippen LogP contribution in [-0.2, 0) is 23.9 Å². The first-order valence-electron chi connectivity index (χ1n) is 23.9. The number of rotatable bonds is 40. The van der Waals surface area contributed by atoms with E-state index in [-0.39, 0.29) is 38.6 Å². The van der Waals surface area contributed by atoms with E-state index in [0.29, 0.717) is 32.8 Å². The SMILES string of the molecule is CCCCCCCCCCCCCC=CCCCOC(=O)CC(CC(=O)OCC=CCCCCCCCCCCCCCCC)NC(=O)CN1CCN(CO)CC1. The van der Waals surface area contributed by atoms with Crippen LogP contribution in [0.3, 0.4) is 0 Å². The van der Waals surface area contributed by atoms with E-state index in [2.05, 4.69) is 37.4 Å². The van der Waals surface area contributed by atoms with Crippen molar-refractivity contribution in [2.24, 2.45) is 0 Å². The summed E-state index contributed by atoms with van der Waals surface area (Å²) in [5.41, 5.74) is 0. The van der Waals surface area contributed by atoms with Crippen LogP contribution in [0.15, 0.2) is 24.3 Å². The molecule has 1 aliphatic heterocycles. The number of hydrogen-bond donors (Lipinski definition) is 2. The molecule has 0 saturated carbocycles. The molecule has 0 aliphatic carbocycles. The van der Waals surface area contributed by atoms with E-state index >= 15 is 0 Å². The highest BCUT2D eigenvalue weighted by Crippen LogP contribution is 2.14. The molecule has 1 saturated heterocycles. The number of carbonyl (C=O) groups excluding carboxylic acids is 3. The van der Waals surface area contributed by atoms with Crippen molar-refractivity contribution in [2.75, 3.05) is 52.7 Å². The Labute approximate surface area is 350 Å². The Morgan fingerprint density at radius 3 is 1.37 bits per heavy atom. The molecule has 1 rings (SSSR count). The van der Waals surface area contributed by atoms with E-state index in [1.54, 1.807) is 0 Å². The molecule has 0 bridgehead atoms. The predicted octanol–water partition coefficient (Wildman–Crippen LogP) is 11.0. The molecule has 0 aromatic heterocycles. The lowest BCUT2D eigenvalue weighted by atomic mass is 10.0. The molecule has 0 aromatic rings. The Bertz CT molecular complexity index is 997. The predicted molar refractivity (Wildman–Crippen MR) is 237 cm³/mol. The number of piperazine rings is 1. The zero-order chi connectivity index (χ0) is 41.3. The van der Waals surface area contributed by atoms with Gasteiger partial charge in [-0.25, -0.2) is 0 Å². The van der Waals surface area contributed by atoms with Crippen LogP contribution < -0.4 is 5.32 Å². The molecular weight excluding hydrogens is 715 g/mol. The van der Waals surface area contributed by atoms with Crippen LogP contribution >= 0.6 is 0 Å². The molecule has 1 amide bonds. The van der Waals surface area contributed by atoms with Crippen molar-refractivity contribution in [1.82, 2.24) is 15.1 Å². The molecule has 1 aliphatic rings. The van der Waals surface area contributed by atoms with Crippen molar-refractivity contribution in [3.05, 3.63) is 24.3 Å². The van der Waals surface area contributed by atoms with Gasteiger partial charge in [-0.05, 0) is 38.5 Å². The zero-order valence-electron chi connectivity index (χ0n) is 37.1. The highest BCUT2D eigenvalue weighted by molar-refractivity contribution is 5.81. The van der Waals surface area contributed by atoms with Gasteiger partial charge in [0.2, 0.25) is 5.91 Å². The Kier molecular flexibility index (Phi) is 37.5. The smallest absolute Gasteiger partial charge is 0.308 e. The number of ether oxygens (including phenoxy) is 2. The standard InChI is InChI=1S/C48H89N3O6/c1-3-5-7-9-11-13-15-17-19-21-23-25-27-29-31-33-39-56-47(54)41-45(49-46(53)43-50-35-37-51(44-52)38-36-50)42-48(55)57-40-34-32-30-28-26-24-22-20-18-16-14-12-10-8-6-4-2/h27,29,32,34,45,52H,3-26,28,30-31,33,35-44H2,1-2H3,(H,49,53). The van der Waals surface area contributed by atoms with Gasteiger partial charge in [0.05, 0.1) is 32.7 Å². The summed E-state index contributed by atoms with van der Waals surface area (Å²) < 4.78 is 10.9. The maximum Gasteiger partial charge on any atom is 0.308 e. The average Bonchev–Trinajstić information content (AvgIpc) is 3.20. The molecule has 1 unspecified atom stereocenters. The molecular formula is C48H89N3O6. The third-order valence-corrected chi connectivity index (χ3v) is 11.1. The first kappa shape index (κ1) is 52.8. The van der Waals surface area contributed by atoms with Crippen molar-refractivity contribution in [2.45, 2.75) is 213 Å². The number of unbranched alkanes of at least 4 members (excludes halogenated alkanes) is 25. The van der Waals surface area contributed by atoms with E-state index < -0.39 is 18.0 Å². The van der Waals surface area contributed by atoms with Gasteiger partial charge in [-0.1, -0.05) is 179 Å². The molecule has 1 heterocycles. The first-order chi connectivity index (χ1) is 28.0. The number of amides is 1. The van der Waals surface area contributed by atoms with Crippen molar-refractivity contribution in [3.63, 3.8) is 0 Å². The molecule has 1 fully saturated rings. The number of nitrogens with zero attached hydrogens (tertiary/aromatic N) is 2. The maximum absolute atomic E-state index is 12.9. The summed E-state index contributed by atoms with van der Waals surface area (Å²) in [6.45, 7) is 7.93. The molecule has 2 N–H and O–H groups in total. The zero-order valence-corrected chi connectivity index (χ0v) is 37.1. The van der Waals surface area contributed by atoms with Gasteiger partial charge in [0.1, 0.15) is 6.61 Å². The van der Waals surface area contributed by atoms with Crippen molar-refractivity contribution < 1.29 is 29.0 Å². The minimum Gasteiger partial charge on any atom is -0.466 e. The summed E-state index contributed by atoms with van der Waals surface area (Å²) in [6, 6.07) is -0.698. The van der Waals surface area contributed by atoms with Gasteiger partial charge in [0, 0.05) is 32.2 Å². The van der Waals surface area contributed by atoms with Crippen LogP contribution in [0.2, 0.25) is 0 Å². The number of aliphatic hydroxyl groups excluding tert-OH is 1. The first-order valence-corrected chi connectivity index (χ1v) is 23.9. The summed E-state index contributed by atoms with van der Waals surface area (Å²) in [6.07, 6.45) is 44.1. The summed E-state index contributed by atoms with van der Waals surface area (Å²) in [7, 11) is 0. The van der Waals surface area contributed by atoms with Crippen LogP contribution in [0.5, 0.6) is 0 Å². The second-order valence-electron chi connectivity index (χ2n) is 16.6. The van der Waals surface area contributed by atoms with E-state index in [1.165, 1.54) is 148 Å². The van der Waals surface area contributed by atoms with E-state index in [1.807, 2.05) is 15.9 Å². The summed E-state index contributed by atoms with van der Waals surface area (Å²) in [5, 5.41) is 12.3. The molecule has 0 spiro atoms. The number of hydrogen-bond acceptors (Lipinski definition) is 8. The van der Waals surface area contributed by atoms with E-state index in [9.17, 15) is 19.5 Å².